The van der Waals surface area contributed by atoms with Crippen LogP contribution in [0.2, 0.25) is 0 Å². The van der Waals surface area contributed by atoms with Gasteiger partial charge in [-0.25, -0.2) is 0 Å². The Morgan fingerprint density at radius 3 is 2.60 bits per heavy atom. The van der Waals surface area contributed by atoms with Crippen LogP contribution in [0.1, 0.15) is 15.9 Å². The number of halogens is 1. The fourth-order valence-electron chi connectivity index (χ4n) is 1.76. The molecule has 0 aliphatic heterocycles. The Hall–Kier alpha value is -2.21. The Labute approximate surface area is 123 Å². The van der Waals surface area contributed by atoms with Gasteiger partial charge in [0.2, 0.25) is 0 Å². The quantitative estimate of drug-likeness (QED) is 0.683. The molecule has 2 rings (SSSR count). The largest absolute Gasteiger partial charge is 0.322 e. The van der Waals surface area contributed by atoms with Crippen molar-refractivity contribution < 1.29 is 9.72 Å². The summed E-state index contributed by atoms with van der Waals surface area (Å²) in [5.74, 6) is -0.397. The van der Waals surface area contributed by atoms with Gasteiger partial charge in [-0.15, -0.1) is 0 Å². The number of nitro groups is 1. The molecule has 1 N–H and O–H groups in total. The molecule has 20 heavy (non-hydrogen) atoms. The van der Waals surface area contributed by atoms with Gasteiger partial charge in [0.1, 0.15) is 4.47 Å². The van der Waals surface area contributed by atoms with E-state index in [9.17, 15) is 14.9 Å². The van der Waals surface area contributed by atoms with Crippen LogP contribution < -0.4 is 5.32 Å². The molecule has 0 saturated carbocycles. The number of carbonyl (C=O) groups is 1. The van der Waals surface area contributed by atoms with Crippen LogP contribution in [0.3, 0.4) is 0 Å². The van der Waals surface area contributed by atoms with E-state index in [4.69, 9.17) is 0 Å². The second kappa shape index (κ2) is 5.83. The van der Waals surface area contributed by atoms with Crippen LogP contribution >= 0.6 is 15.9 Å². The predicted octanol–water partition coefficient (Wildman–Crippen LogP) is 3.92. The van der Waals surface area contributed by atoms with Crippen molar-refractivity contribution in [3.63, 3.8) is 0 Å². The van der Waals surface area contributed by atoms with Crippen LogP contribution in [0.5, 0.6) is 0 Å². The molecule has 0 bridgehead atoms. The first-order valence-corrected chi connectivity index (χ1v) is 6.59. The Balaban J connectivity index is 2.30. The summed E-state index contributed by atoms with van der Waals surface area (Å²) in [7, 11) is 0. The van der Waals surface area contributed by atoms with Gasteiger partial charge >= 0.3 is 0 Å². The number of rotatable bonds is 3. The number of benzene rings is 2. The van der Waals surface area contributed by atoms with Gasteiger partial charge in [-0.3, -0.25) is 14.9 Å². The number of nitro benzene ring substituents is 1. The van der Waals surface area contributed by atoms with E-state index in [1.165, 1.54) is 18.2 Å². The molecule has 2 aromatic carbocycles. The summed E-state index contributed by atoms with van der Waals surface area (Å²) in [6.07, 6.45) is 0. The van der Waals surface area contributed by atoms with E-state index in [2.05, 4.69) is 21.2 Å². The third-order valence-corrected chi connectivity index (χ3v) is 3.53. The maximum Gasteiger partial charge on any atom is 0.284 e. The highest BCUT2D eigenvalue weighted by atomic mass is 79.9. The van der Waals surface area contributed by atoms with Crippen LogP contribution in [0.15, 0.2) is 46.9 Å². The monoisotopic (exact) mass is 334 g/mol. The molecule has 0 atom stereocenters. The van der Waals surface area contributed by atoms with Gasteiger partial charge in [0.25, 0.3) is 11.6 Å². The summed E-state index contributed by atoms with van der Waals surface area (Å²) in [6.45, 7) is 1.92. The number of hydrogen-bond donors (Lipinski definition) is 1. The van der Waals surface area contributed by atoms with Gasteiger partial charge in [0, 0.05) is 11.8 Å². The van der Waals surface area contributed by atoms with Gasteiger partial charge in [-0.2, -0.15) is 0 Å². The zero-order valence-electron chi connectivity index (χ0n) is 10.6. The van der Waals surface area contributed by atoms with Crippen molar-refractivity contribution in [3.05, 3.63) is 68.2 Å². The maximum atomic E-state index is 12.2. The SMILES string of the molecule is Cc1cccc(NC(=O)c2cccc([N+](=O)[O-])c2Br)c1. The fourth-order valence-corrected chi connectivity index (χ4v) is 2.35. The van der Waals surface area contributed by atoms with E-state index in [-0.39, 0.29) is 15.7 Å². The van der Waals surface area contributed by atoms with E-state index in [0.717, 1.165) is 5.56 Å². The first-order valence-electron chi connectivity index (χ1n) is 5.80. The molecule has 0 aromatic heterocycles. The minimum absolute atomic E-state index is 0.137. The van der Waals surface area contributed by atoms with Crippen LogP contribution in [0.25, 0.3) is 0 Å². The molecule has 0 unspecified atom stereocenters. The lowest BCUT2D eigenvalue weighted by Gasteiger charge is -2.07. The third-order valence-electron chi connectivity index (χ3n) is 2.70. The minimum atomic E-state index is -0.534. The van der Waals surface area contributed by atoms with Crippen molar-refractivity contribution in [3.8, 4) is 0 Å². The maximum absolute atomic E-state index is 12.2. The lowest BCUT2D eigenvalue weighted by molar-refractivity contribution is -0.385. The lowest BCUT2D eigenvalue weighted by atomic mass is 10.1. The van der Waals surface area contributed by atoms with E-state index in [0.29, 0.717) is 5.69 Å². The van der Waals surface area contributed by atoms with Gasteiger partial charge in [-0.05, 0) is 46.6 Å². The molecule has 0 spiro atoms. The third kappa shape index (κ3) is 3.03. The van der Waals surface area contributed by atoms with Crippen molar-refractivity contribution in [2.45, 2.75) is 6.92 Å². The number of nitrogens with zero attached hydrogens (tertiary/aromatic N) is 1. The number of amides is 1. The average Bonchev–Trinajstić information content (AvgIpc) is 2.38. The van der Waals surface area contributed by atoms with Crippen LogP contribution in [0.4, 0.5) is 11.4 Å². The van der Waals surface area contributed by atoms with Gasteiger partial charge in [-0.1, -0.05) is 18.2 Å². The molecule has 102 valence electrons. The topological polar surface area (TPSA) is 72.2 Å². The summed E-state index contributed by atoms with van der Waals surface area (Å²) in [5, 5.41) is 13.6. The van der Waals surface area contributed by atoms with Crippen molar-refractivity contribution in [1.29, 1.82) is 0 Å². The first-order chi connectivity index (χ1) is 9.49. The molecule has 0 saturated heterocycles. The summed E-state index contributed by atoms with van der Waals surface area (Å²) >= 11 is 3.11. The standard InChI is InChI=1S/C14H11BrN2O3/c1-9-4-2-5-10(8-9)16-14(18)11-6-3-7-12(13(11)15)17(19)20/h2-8H,1H3,(H,16,18). The molecule has 2 aromatic rings. The molecular weight excluding hydrogens is 324 g/mol. The molecule has 0 radical (unpaired) electrons. The number of aryl methyl sites for hydroxylation is 1. The second-order valence-corrected chi connectivity index (χ2v) is 5.01. The Morgan fingerprint density at radius 1 is 1.25 bits per heavy atom. The average molecular weight is 335 g/mol. The highest BCUT2D eigenvalue weighted by molar-refractivity contribution is 9.10. The van der Waals surface area contributed by atoms with Crippen LogP contribution in [0, 0.1) is 17.0 Å². The first kappa shape index (κ1) is 14.2. The predicted molar refractivity (Wildman–Crippen MR) is 79.9 cm³/mol. The molecule has 0 aliphatic carbocycles. The molecule has 0 fully saturated rings. The van der Waals surface area contributed by atoms with Gasteiger partial charge < -0.3 is 5.32 Å². The number of hydrogen-bond acceptors (Lipinski definition) is 3. The van der Waals surface area contributed by atoms with E-state index < -0.39 is 10.8 Å². The summed E-state index contributed by atoms with van der Waals surface area (Å²) in [5.41, 5.74) is 1.75. The van der Waals surface area contributed by atoms with Crippen molar-refractivity contribution in [2.75, 3.05) is 5.32 Å². The van der Waals surface area contributed by atoms with Gasteiger partial charge in [0.05, 0.1) is 10.5 Å². The van der Waals surface area contributed by atoms with Crippen LogP contribution in [-0.2, 0) is 0 Å². The van der Waals surface area contributed by atoms with E-state index in [1.54, 1.807) is 6.07 Å². The van der Waals surface area contributed by atoms with E-state index >= 15 is 0 Å². The number of anilines is 1. The van der Waals surface area contributed by atoms with Crippen molar-refractivity contribution in [2.24, 2.45) is 0 Å². The van der Waals surface area contributed by atoms with Gasteiger partial charge in [0.15, 0.2) is 0 Å². The van der Waals surface area contributed by atoms with Crippen LogP contribution in [-0.4, -0.2) is 10.8 Å². The Kier molecular flexibility index (Phi) is 4.14. The lowest BCUT2D eigenvalue weighted by Crippen LogP contribution is -2.13. The summed E-state index contributed by atoms with van der Waals surface area (Å²) < 4.78 is 0.176. The summed E-state index contributed by atoms with van der Waals surface area (Å²) in [4.78, 5) is 22.5. The smallest absolute Gasteiger partial charge is 0.284 e. The molecule has 6 heteroatoms. The van der Waals surface area contributed by atoms with E-state index in [1.807, 2.05) is 25.1 Å². The zero-order valence-corrected chi connectivity index (χ0v) is 12.2. The normalized spacial score (nSPS) is 10.1. The molecule has 1 amide bonds. The highest BCUT2D eigenvalue weighted by Gasteiger charge is 2.19. The Bertz CT molecular complexity index is 686. The molecule has 5 nitrogen and oxygen atoms in total. The van der Waals surface area contributed by atoms with Crippen molar-refractivity contribution >= 4 is 33.2 Å². The molecule has 0 heterocycles. The second-order valence-electron chi connectivity index (χ2n) is 4.22. The van der Waals surface area contributed by atoms with Crippen molar-refractivity contribution in [1.82, 2.24) is 0 Å². The zero-order chi connectivity index (χ0) is 14.7. The highest BCUT2D eigenvalue weighted by Crippen LogP contribution is 2.28. The molecular formula is C14H11BrN2O3. The summed E-state index contributed by atoms with van der Waals surface area (Å²) in [6, 6.07) is 11.7. The fraction of sp³-hybridized carbons (Fsp3) is 0.0714. The minimum Gasteiger partial charge on any atom is -0.322 e. The molecule has 0 aliphatic rings. The number of carbonyl (C=O) groups excluding carboxylic acids is 1. The number of nitrogens with one attached hydrogen (secondary N) is 1. The Morgan fingerprint density at radius 2 is 1.95 bits per heavy atom.